The van der Waals surface area contributed by atoms with Crippen LogP contribution in [0.15, 0.2) is 140 Å². The van der Waals surface area contributed by atoms with Crippen LogP contribution < -0.4 is 13.7 Å². The molecular formula is C49H39F4N6+3. The lowest BCUT2D eigenvalue weighted by atomic mass is 9.87. The Morgan fingerprint density at radius 1 is 0.559 bits per heavy atom. The molecule has 8 aromatic rings. The van der Waals surface area contributed by atoms with Gasteiger partial charge in [0, 0.05) is 71.3 Å². The summed E-state index contributed by atoms with van der Waals surface area (Å²) in [6.07, 6.45) is 8.83. The fraction of sp³-hybridized carbons (Fsp3) is 0.163. The molecule has 0 radical (unpaired) electrons. The van der Waals surface area contributed by atoms with E-state index in [1.807, 2.05) is 112 Å². The Balaban J connectivity index is 1.29. The van der Waals surface area contributed by atoms with Crippen molar-refractivity contribution in [1.82, 2.24) is 14.8 Å². The number of aromatic nitrogens is 6. The summed E-state index contributed by atoms with van der Waals surface area (Å²) in [5.74, 6) is -2.02. The number of hydrogen-bond acceptors (Lipinski definition) is 2. The second-order valence-electron chi connectivity index (χ2n) is 15.5. The van der Waals surface area contributed by atoms with Crippen LogP contribution in [0.25, 0.3) is 45.4 Å². The van der Waals surface area contributed by atoms with Crippen LogP contribution in [0.5, 0.6) is 0 Å². The first-order valence-corrected chi connectivity index (χ1v) is 19.8. The molecule has 0 spiro atoms. The minimum Gasteiger partial charge on any atom is -0.243 e. The van der Waals surface area contributed by atoms with Crippen molar-refractivity contribution in [1.29, 1.82) is 0 Å². The summed E-state index contributed by atoms with van der Waals surface area (Å²) >= 11 is 0. The van der Waals surface area contributed by atoms with Crippen LogP contribution >= 0.6 is 0 Å². The van der Waals surface area contributed by atoms with Crippen LogP contribution in [0.3, 0.4) is 0 Å². The second kappa shape index (κ2) is 14.5. The van der Waals surface area contributed by atoms with Gasteiger partial charge in [-0.2, -0.15) is 14.2 Å². The van der Waals surface area contributed by atoms with Crippen LogP contribution in [0.2, 0.25) is 0 Å². The normalized spacial score (nSPS) is 15.7. The van der Waals surface area contributed by atoms with Gasteiger partial charge in [0.2, 0.25) is 17.2 Å². The SMILES string of the molecule is Cn1nc(-c2ccccc2)nc1-c1cccc[n+]1C1c2cc(F)cc(F)c2-c2ccc(c[n+]2C)CCc2cccc(c2)CCc2ccc3[n+](c2)C1c1cc(F)cc(F)c1-3. The predicted molar refractivity (Wildman–Crippen MR) is 215 cm³/mol. The van der Waals surface area contributed by atoms with Gasteiger partial charge < -0.3 is 0 Å². The second-order valence-corrected chi connectivity index (χ2v) is 15.5. The molecule has 0 aliphatic carbocycles. The highest BCUT2D eigenvalue weighted by molar-refractivity contribution is 5.68. The Kier molecular flexibility index (Phi) is 9.00. The zero-order valence-corrected chi connectivity index (χ0v) is 32.5. The van der Waals surface area contributed by atoms with Gasteiger partial charge in [-0.15, -0.1) is 0 Å². The quantitative estimate of drug-likeness (QED) is 0.133. The fourth-order valence-electron chi connectivity index (χ4n) is 9.09. The molecule has 0 saturated carbocycles. The van der Waals surface area contributed by atoms with Gasteiger partial charge in [-0.1, -0.05) is 54.6 Å². The molecule has 7 heterocycles. The number of rotatable bonds is 3. The van der Waals surface area contributed by atoms with Gasteiger partial charge in [0.15, 0.2) is 24.4 Å². The molecule has 10 heteroatoms. The third-order valence-corrected chi connectivity index (χ3v) is 11.8. The molecular weight excluding hydrogens is 749 g/mol. The topological polar surface area (TPSA) is 42.4 Å². The molecule has 4 aromatic heterocycles. The number of benzene rings is 4. The van der Waals surface area contributed by atoms with E-state index in [0.29, 0.717) is 40.7 Å². The monoisotopic (exact) mass is 787 g/mol. The van der Waals surface area contributed by atoms with Crippen molar-refractivity contribution in [2.45, 2.75) is 37.8 Å². The Bertz CT molecular complexity index is 2940. The average Bonchev–Trinajstić information content (AvgIpc) is 3.77. The summed E-state index contributed by atoms with van der Waals surface area (Å²) in [4.78, 5) is 5.00. The van der Waals surface area contributed by atoms with Crippen LogP contribution in [0.4, 0.5) is 17.6 Å². The van der Waals surface area contributed by atoms with Gasteiger partial charge in [-0.3, -0.25) is 0 Å². The standard InChI is InChI=1S/C49H39F4N6/c1-56-28-32-16-14-30-9-8-10-31(23-30)15-17-33-19-21-42-45-38(25-36(51)27-40(45)53)47(59(42)29-33)46(37-24-35(50)26-39(52)44(37)41(56)20-18-32)58-22-7-6-13-43(58)49-54-48(55-57(49)2)34-11-4-3-5-12-34/h3-13,18-29,46-47H,14-17H2,1-2H3/q+3. The summed E-state index contributed by atoms with van der Waals surface area (Å²) in [7, 11) is 3.66. The minimum atomic E-state index is -0.986. The highest BCUT2D eigenvalue weighted by Crippen LogP contribution is 2.45. The van der Waals surface area contributed by atoms with E-state index in [4.69, 9.17) is 10.1 Å². The maximum atomic E-state index is 16.9. The molecule has 6 bridgehead atoms. The smallest absolute Gasteiger partial charge is 0.243 e. The Morgan fingerprint density at radius 2 is 1.15 bits per heavy atom. The van der Waals surface area contributed by atoms with E-state index in [1.54, 1.807) is 11.7 Å². The van der Waals surface area contributed by atoms with Crippen molar-refractivity contribution in [2.24, 2.45) is 14.1 Å². The lowest BCUT2D eigenvalue weighted by molar-refractivity contribution is -0.791. The number of halogens is 4. The molecule has 6 nitrogen and oxygen atoms in total. The number of fused-ring (bicyclic) bond motifs is 6. The fourth-order valence-corrected chi connectivity index (χ4v) is 9.09. The first kappa shape index (κ1) is 36.5. The average molecular weight is 788 g/mol. The van der Waals surface area contributed by atoms with Crippen molar-refractivity contribution in [3.63, 3.8) is 0 Å². The minimum absolute atomic E-state index is 0.174. The Hall–Kier alpha value is -6.81. The molecule has 3 aliphatic heterocycles. The van der Waals surface area contributed by atoms with Crippen molar-refractivity contribution < 1.29 is 31.3 Å². The van der Waals surface area contributed by atoms with Gasteiger partial charge in [-0.05, 0) is 67.1 Å². The first-order chi connectivity index (χ1) is 28.7. The molecule has 0 fully saturated rings. The number of nitrogens with zero attached hydrogens (tertiary/aromatic N) is 6. The molecule has 0 N–H and O–H groups in total. The van der Waals surface area contributed by atoms with Crippen molar-refractivity contribution >= 4 is 0 Å². The van der Waals surface area contributed by atoms with E-state index < -0.39 is 35.4 Å². The van der Waals surface area contributed by atoms with Crippen LogP contribution in [-0.4, -0.2) is 14.8 Å². The van der Waals surface area contributed by atoms with E-state index in [2.05, 4.69) is 24.3 Å². The van der Waals surface area contributed by atoms with Gasteiger partial charge in [0.05, 0.1) is 11.1 Å². The van der Waals surface area contributed by atoms with E-state index in [0.717, 1.165) is 48.1 Å². The Labute approximate surface area is 339 Å². The van der Waals surface area contributed by atoms with Gasteiger partial charge >= 0.3 is 0 Å². The van der Waals surface area contributed by atoms with Crippen molar-refractivity contribution in [3.05, 3.63) is 197 Å². The third kappa shape index (κ3) is 6.49. The Morgan fingerprint density at radius 3 is 1.83 bits per heavy atom. The zero-order chi connectivity index (χ0) is 40.4. The van der Waals surface area contributed by atoms with E-state index >= 15 is 17.6 Å². The molecule has 2 atom stereocenters. The molecule has 0 amide bonds. The molecule has 290 valence electrons. The first-order valence-electron chi connectivity index (χ1n) is 19.8. The number of pyridine rings is 3. The molecule has 3 aliphatic rings. The maximum Gasteiger partial charge on any atom is 0.250 e. The van der Waals surface area contributed by atoms with E-state index in [-0.39, 0.29) is 16.7 Å². The molecule has 59 heavy (non-hydrogen) atoms. The zero-order valence-electron chi connectivity index (χ0n) is 32.5. The summed E-state index contributed by atoms with van der Waals surface area (Å²) in [6, 6.07) is 34.1. The summed E-state index contributed by atoms with van der Waals surface area (Å²) in [5.41, 5.74) is 7.95. The summed E-state index contributed by atoms with van der Waals surface area (Å²) in [6.45, 7) is 0. The van der Waals surface area contributed by atoms with E-state index in [9.17, 15) is 0 Å². The molecule has 11 rings (SSSR count). The van der Waals surface area contributed by atoms with Crippen molar-refractivity contribution in [3.8, 4) is 45.4 Å². The van der Waals surface area contributed by atoms with E-state index in [1.165, 1.54) is 23.3 Å². The van der Waals surface area contributed by atoms with Crippen molar-refractivity contribution in [2.75, 3.05) is 0 Å². The summed E-state index contributed by atoms with van der Waals surface area (Å²) in [5, 5.41) is 4.77. The van der Waals surface area contributed by atoms with Crippen LogP contribution in [0.1, 0.15) is 45.5 Å². The molecule has 2 unspecified atom stereocenters. The lowest BCUT2D eigenvalue weighted by Crippen LogP contribution is -2.54. The van der Waals surface area contributed by atoms with Gasteiger partial charge in [0.1, 0.15) is 30.3 Å². The summed E-state index contributed by atoms with van der Waals surface area (Å²) < 4.78 is 72.3. The molecule has 4 aromatic carbocycles. The number of aryl methyl sites for hydroxylation is 6. The third-order valence-electron chi connectivity index (χ3n) is 11.8. The van der Waals surface area contributed by atoms with Crippen LogP contribution in [-0.2, 0) is 39.8 Å². The maximum absolute atomic E-state index is 16.9. The molecule has 0 saturated heterocycles. The predicted octanol–water partition coefficient (Wildman–Crippen LogP) is 8.52. The highest BCUT2D eigenvalue weighted by atomic mass is 19.1. The van der Waals surface area contributed by atoms with Crippen LogP contribution in [0, 0.1) is 23.3 Å². The largest absolute Gasteiger partial charge is 0.250 e. The highest BCUT2D eigenvalue weighted by Gasteiger charge is 2.52. The lowest BCUT2D eigenvalue weighted by Gasteiger charge is -2.22. The van der Waals surface area contributed by atoms with Gasteiger partial charge in [0.25, 0.3) is 17.8 Å². The number of hydrogen-bond donors (Lipinski definition) is 0. The van der Waals surface area contributed by atoms with Gasteiger partial charge in [-0.25, -0.2) is 31.8 Å².